The molecule has 0 radical (unpaired) electrons. The monoisotopic (exact) mass is 175 g/mol. The van der Waals surface area contributed by atoms with Crippen LogP contribution in [0.1, 0.15) is 11.1 Å². The van der Waals surface area contributed by atoms with E-state index in [0.29, 0.717) is 5.75 Å². The highest BCUT2D eigenvalue weighted by atomic mass is 16.6. The van der Waals surface area contributed by atoms with E-state index in [4.69, 9.17) is 10.7 Å². The molecular formula is C11H13NO. The fourth-order valence-electron chi connectivity index (χ4n) is 1.11. The van der Waals surface area contributed by atoms with Gasteiger partial charge in [0.1, 0.15) is 5.75 Å². The minimum atomic E-state index is 0.700. The molecule has 13 heavy (non-hydrogen) atoms. The maximum absolute atomic E-state index is 5.10. The lowest BCUT2D eigenvalue weighted by Gasteiger charge is -2.05. The number of hydrogen-bond donors (Lipinski definition) is 1. The molecule has 68 valence electrons. The summed E-state index contributed by atoms with van der Waals surface area (Å²) >= 11 is 0. The van der Waals surface area contributed by atoms with Crippen molar-refractivity contribution in [3.63, 3.8) is 0 Å². The molecule has 0 heterocycles. The molecular weight excluding hydrogens is 162 g/mol. The van der Waals surface area contributed by atoms with Gasteiger partial charge in [0, 0.05) is 5.56 Å². The second kappa shape index (κ2) is 4.48. The molecule has 0 unspecified atom stereocenters. The summed E-state index contributed by atoms with van der Waals surface area (Å²) in [6.45, 7) is 5.57. The molecule has 0 spiro atoms. The van der Waals surface area contributed by atoms with E-state index in [1.807, 2.05) is 37.3 Å². The van der Waals surface area contributed by atoms with Crippen LogP contribution in [0.25, 0.3) is 6.08 Å². The second-order valence-electron chi connectivity index (χ2n) is 2.68. The van der Waals surface area contributed by atoms with Crippen molar-refractivity contribution in [3.8, 4) is 5.75 Å². The molecule has 2 heteroatoms. The van der Waals surface area contributed by atoms with E-state index >= 15 is 0 Å². The standard InChI is InChI=1S/C11H13NO/c1-3-4-6-10-7-5-8-11(13-12)9(10)2/h3-8H,1,12H2,2H3/b6-4-. The van der Waals surface area contributed by atoms with Gasteiger partial charge in [-0.25, -0.2) is 0 Å². The highest BCUT2D eigenvalue weighted by molar-refractivity contribution is 5.58. The van der Waals surface area contributed by atoms with Crippen LogP contribution in [0.2, 0.25) is 0 Å². The Hall–Kier alpha value is -1.54. The van der Waals surface area contributed by atoms with Crippen LogP contribution >= 0.6 is 0 Å². The summed E-state index contributed by atoms with van der Waals surface area (Å²) in [4.78, 5) is 4.71. The normalized spacial score (nSPS) is 10.3. The number of hydrogen-bond acceptors (Lipinski definition) is 2. The van der Waals surface area contributed by atoms with Crippen LogP contribution < -0.4 is 10.7 Å². The Morgan fingerprint density at radius 3 is 2.85 bits per heavy atom. The predicted octanol–water partition coefficient (Wildman–Crippen LogP) is 2.45. The van der Waals surface area contributed by atoms with Crippen LogP contribution in [-0.2, 0) is 0 Å². The van der Waals surface area contributed by atoms with Crippen molar-refractivity contribution in [2.24, 2.45) is 5.90 Å². The van der Waals surface area contributed by atoms with Crippen molar-refractivity contribution >= 4 is 6.08 Å². The number of nitrogens with two attached hydrogens (primary N) is 1. The van der Waals surface area contributed by atoms with Crippen LogP contribution in [0.4, 0.5) is 0 Å². The van der Waals surface area contributed by atoms with Gasteiger partial charge in [0.2, 0.25) is 0 Å². The first kappa shape index (κ1) is 9.55. The van der Waals surface area contributed by atoms with Gasteiger partial charge >= 0.3 is 0 Å². The Bertz CT molecular complexity index is 329. The summed E-state index contributed by atoms with van der Waals surface area (Å²) < 4.78 is 0. The zero-order valence-corrected chi connectivity index (χ0v) is 7.66. The second-order valence-corrected chi connectivity index (χ2v) is 2.68. The average molecular weight is 175 g/mol. The first-order valence-electron chi connectivity index (χ1n) is 4.05. The topological polar surface area (TPSA) is 35.2 Å². The maximum Gasteiger partial charge on any atom is 0.150 e. The Morgan fingerprint density at radius 2 is 2.23 bits per heavy atom. The van der Waals surface area contributed by atoms with Crippen molar-refractivity contribution in [3.05, 3.63) is 48.1 Å². The quantitative estimate of drug-likeness (QED) is 0.565. The van der Waals surface area contributed by atoms with Gasteiger partial charge < -0.3 is 4.84 Å². The summed E-state index contributed by atoms with van der Waals surface area (Å²) in [6, 6.07) is 5.73. The Balaban J connectivity index is 3.07. The molecule has 0 bridgehead atoms. The highest BCUT2D eigenvalue weighted by Crippen LogP contribution is 2.21. The molecule has 0 fully saturated rings. The van der Waals surface area contributed by atoms with Gasteiger partial charge in [-0.3, -0.25) is 0 Å². The minimum absolute atomic E-state index is 0.700. The predicted molar refractivity (Wildman–Crippen MR) is 55.2 cm³/mol. The fourth-order valence-corrected chi connectivity index (χ4v) is 1.11. The zero-order chi connectivity index (χ0) is 9.68. The SMILES string of the molecule is C=C/C=C\c1cccc(ON)c1C. The van der Waals surface area contributed by atoms with E-state index in [-0.39, 0.29) is 0 Å². The van der Waals surface area contributed by atoms with Crippen molar-refractivity contribution in [2.45, 2.75) is 6.92 Å². The fraction of sp³-hybridized carbons (Fsp3) is 0.0909. The lowest BCUT2D eigenvalue weighted by Crippen LogP contribution is -2.03. The highest BCUT2D eigenvalue weighted by Gasteiger charge is 2.00. The molecule has 1 rings (SSSR count). The molecule has 2 nitrogen and oxygen atoms in total. The molecule has 0 aliphatic heterocycles. The van der Waals surface area contributed by atoms with Crippen LogP contribution in [-0.4, -0.2) is 0 Å². The van der Waals surface area contributed by atoms with Gasteiger partial charge in [0.25, 0.3) is 0 Å². The average Bonchev–Trinajstić information content (AvgIpc) is 2.16. The molecule has 0 saturated carbocycles. The van der Waals surface area contributed by atoms with Crippen molar-refractivity contribution < 1.29 is 4.84 Å². The molecule has 1 aromatic rings. The van der Waals surface area contributed by atoms with E-state index < -0.39 is 0 Å². The third kappa shape index (κ3) is 2.20. The van der Waals surface area contributed by atoms with Gasteiger partial charge in [0.15, 0.2) is 0 Å². The van der Waals surface area contributed by atoms with E-state index in [2.05, 4.69) is 6.58 Å². The Labute approximate surface area is 78.3 Å². The van der Waals surface area contributed by atoms with Crippen LogP contribution in [0, 0.1) is 6.92 Å². The Kier molecular flexibility index (Phi) is 3.29. The molecule has 0 saturated heterocycles. The van der Waals surface area contributed by atoms with Gasteiger partial charge in [0.05, 0.1) is 0 Å². The van der Waals surface area contributed by atoms with Crippen molar-refractivity contribution in [1.82, 2.24) is 0 Å². The van der Waals surface area contributed by atoms with E-state index in [0.717, 1.165) is 11.1 Å². The molecule has 1 aromatic carbocycles. The first-order chi connectivity index (χ1) is 6.29. The van der Waals surface area contributed by atoms with Crippen LogP contribution in [0.3, 0.4) is 0 Å². The largest absolute Gasteiger partial charge is 0.411 e. The lowest BCUT2D eigenvalue weighted by molar-refractivity contribution is 0.332. The first-order valence-corrected chi connectivity index (χ1v) is 4.05. The number of rotatable bonds is 3. The molecule has 0 aromatic heterocycles. The Morgan fingerprint density at radius 1 is 1.46 bits per heavy atom. The minimum Gasteiger partial charge on any atom is -0.411 e. The van der Waals surface area contributed by atoms with Crippen molar-refractivity contribution in [2.75, 3.05) is 0 Å². The van der Waals surface area contributed by atoms with Crippen LogP contribution in [0.5, 0.6) is 5.75 Å². The summed E-state index contributed by atoms with van der Waals surface area (Å²) in [5, 5.41) is 0. The summed E-state index contributed by atoms with van der Waals surface area (Å²) in [5.41, 5.74) is 2.12. The molecule has 0 atom stereocenters. The third-order valence-electron chi connectivity index (χ3n) is 1.86. The maximum atomic E-state index is 5.10. The van der Waals surface area contributed by atoms with Crippen molar-refractivity contribution in [1.29, 1.82) is 0 Å². The smallest absolute Gasteiger partial charge is 0.150 e. The number of allylic oxidation sites excluding steroid dienone is 2. The number of benzene rings is 1. The lowest BCUT2D eigenvalue weighted by atomic mass is 10.1. The third-order valence-corrected chi connectivity index (χ3v) is 1.86. The van der Waals surface area contributed by atoms with Gasteiger partial charge in [-0.05, 0) is 18.6 Å². The molecule has 0 aliphatic carbocycles. The molecule has 0 aliphatic rings. The summed E-state index contributed by atoms with van der Waals surface area (Å²) in [5.74, 6) is 5.80. The molecule has 0 amide bonds. The zero-order valence-electron chi connectivity index (χ0n) is 7.66. The van der Waals surface area contributed by atoms with Gasteiger partial charge in [-0.15, -0.1) is 0 Å². The van der Waals surface area contributed by atoms with E-state index in [1.54, 1.807) is 6.08 Å². The van der Waals surface area contributed by atoms with Crippen LogP contribution in [0.15, 0.2) is 36.9 Å². The van der Waals surface area contributed by atoms with Gasteiger partial charge in [-0.1, -0.05) is 36.9 Å². The van der Waals surface area contributed by atoms with Gasteiger partial charge in [-0.2, -0.15) is 5.90 Å². The molecule has 2 N–H and O–H groups in total. The van der Waals surface area contributed by atoms with E-state index in [9.17, 15) is 0 Å². The van der Waals surface area contributed by atoms with E-state index in [1.165, 1.54) is 0 Å². The summed E-state index contributed by atoms with van der Waals surface area (Å²) in [6.07, 6.45) is 5.57. The summed E-state index contributed by atoms with van der Waals surface area (Å²) in [7, 11) is 0.